The third kappa shape index (κ3) is 3.21. The van der Waals surface area contributed by atoms with Crippen molar-refractivity contribution in [2.24, 2.45) is 0 Å². The Labute approximate surface area is 117 Å². The van der Waals surface area contributed by atoms with Gasteiger partial charge >= 0.3 is 0 Å². The first kappa shape index (κ1) is 14.2. The van der Waals surface area contributed by atoms with E-state index in [2.05, 4.69) is 10.3 Å². The molecule has 0 amide bonds. The molecule has 2 aromatic heterocycles. The molecule has 1 N–H and O–H groups in total. The monoisotopic (exact) mass is 275 g/mol. The maximum absolute atomic E-state index is 11.0. The largest absolute Gasteiger partial charge is 0.469 e. The number of aryl methyl sites for hydroxylation is 1. The van der Waals surface area contributed by atoms with Crippen molar-refractivity contribution in [1.29, 1.82) is 0 Å². The van der Waals surface area contributed by atoms with Gasteiger partial charge in [0.25, 0.3) is 5.69 Å². The molecule has 0 radical (unpaired) electrons. The number of furan rings is 1. The van der Waals surface area contributed by atoms with E-state index in [1.165, 1.54) is 0 Å². The molecule has 0 unspecified atom stereocenters. The van der Waals surface area contributed by atoms with E-state index in [1.54, 1.807) is 26.3 Å². The predicted octanol–water partition coefficient (Wildman–Crippen LogP) is 2.53. The van der Waals surface area contributed by atoms with Gasteiger partial charge in [-0.15, -0.1) is 0 Å². The summed E-state index contributed by atoms with van der Waals surface area (Å²) < 4.78 is 5.23. The van der Waals surface area contributed by atoms with Crippen molar-refractivity contribution in [3.63, 3.8) is 0 Å². The van der Waals surface area contributed by atoms with Gasteiger partial charge in [0.15, 0.2) is 0 Å². The number of hydrogen-bond acceptors (Lipinski definition) is 5. The molecule has 0 aliphatic rings. The number of pyridine rings is 1. The molecular formula is C14H17N3O3. The minimum Gasteiger partial charge on any atom is -0.469 e. The zero-order valence-electron chi connectivity index (χ0n) is 11.5. The Balaban J connectivity index is 1.96. The number of nitrogens with zero attached hydrogens (tertiary/aromatic N) is 2. The van der Waals surface area contributed by atoms with Crippen LogP contribution in [-0.2, 0) is 13.0 Å². The summed E-state index contributed by atoms with van der Waals surface area (Å²) in [4.78, 5) is 14.9. The molecule has 2 heterocycles. The van der Waals surface area contributed by atoms with Gasteiger partial charge in [-0.05, 0) is 26.0 Å². The maximum Gasteiger partial charge on any atom is 0.278 e. The van der Waals surface area contributed by atoms with Crippen molar-refractivity contribution in [2.75, 3.05) is 6.54 Å². The first-order valence-electron chi connectivity index (χ1n) is 6.42. The summed E-state index contributed by atoms with van der Waals surface area (Å²) in [6.45, 7) is 4.68. The standard InChI is InChI=1S/C14H17N3O3/c1-10-8-16-13(11(2)14(10)17(18)19)9-15-6-5-12-4-3-7-20-12/h3-4,7-8,15H,5-6,9H2,1-2H3. The second kappa shape index (κ2) is 6.29. The fourth-order valence-corrected chi connectivity index (χ4v) is 2.10. The fraction of sp³-hybridized carbons (Fsp3) is 0.357. The third-order valence-electron chi connectivity index (χ3n) is 3.18. The van der Waals surface area contributed by atoms with Crippen molar-refractivity contribution < 1.29 is 9.34 Å². The molecule has 0 spiro atoms. The van der Waals surface area contributed by atoms with E-state index in [1.807, 2.05) is 12.1 Å². The summed E-state index contributed by atoms with van der Waals surface area (Å²) in [7, 11) is 0. The van der Waals surface area contributed by atoms with Crippen LogP contribution in [0.1, 0.15) is 22.6 Å². The molecule has 0 saturated carbocycles. The first-order chi connectivity index (χ1) is 9.59. The van der Waals surface area contributed by atoms with Gasteiger partial charge in [0, 0.05) is 36.8 Å². The maximum atomic E-state index is 11.0. The van der Waals surface area contributed by atoms with E-state index >= 15 is 0 Å². The Kier molecular flexibility index (Phi) is 4.47. The highest BCUT2D eigenvalue weighted by molar-refractivity contribution is 5.47. The third-order valence-corrected chi connectivity index (χ3v) is 3.18. The van der Waals surface area contributed by atoms with E-state index in [9.17, 15) is 10.1 Å². The molecule has 2 aromatic rings. The Hall–Kier alpha value is -2.21. The van der Waals surface area contributed by atoms with Crippen LogP contribution < -0.4 is 5.32 Å². The molecule has 6 heteroatoms. The van der Waals surface area contributed by atoms with Crippen LogP contribution >= 0.6 is 0 Å². The second-order valence-corrected chi connectivity index (χ2v) is 4.62. The van der Waals surface area contributed by atoms with Crippen LogP contribution in [0.2, 0.25) is 0 Å². The zero-order chi connectivity index (χ0) is 14.5. The first-order valence-corrected chi connectivity index (χ1v) is 6.42. The van der Waals surface area contributed by atoms with Crippen LogP contribution in [0.5, 0.6) is 0 Å². The minimum absolute atomic E-state index is 0.155. The minimum atomic E-state index is -0.349. The molecule has 0 saturated heterocycles. The SMILES string of the molecule is Cc1cnc(CNCCc2ccco2)c(C)c1[N+](=O)[O-]. The van der Waals surface area contributed by atoms with Gasteiger partial charge in [0.1, 0.15) is 5.76 Å². The van der Waals surface area contributed by atoms with Crippen molar-refractivity contribution >= 4 is 5.69 Å². The van der Waals surface area contributed by atoms with Crippen LogP contribution in [0.15, 0.2) is 29.0 Å². The second-order valence-electron chi connectivity index (χ2n) is 4.62. The lowest BCUT2D eigenvalue weighted by atomic mass is 10.1. The smallest absolute Gasteiger partial charge is 0.278 e. The fourth-order valence-electron chi connectivity index (χ4n) is 2.10. The Morgan fingerprint density at radius 2 is 2.25 bits per heavy atom. The van der Waals surface area contributed by atoms with E-state index < -0.39 is 0 Å². The van der Waals surface area contributed by atoms with E-state index in [-0.39, 0.29) is 10.6 Å². The molecule has 0 atom stereocenters. The van der Waals surface area contributed by atoms with Crippen LogP contribution in [0.4, 0.5) is 5.69 Å². The van der Waals surface area contributed by atoms with Crippen molar-refractivity contribution in [3.8, 4) is 0 Å². The van der Waals surface area contributed by atoms with Gasteiger partial charge in [-0.2, -0.15) is 0 Å². The van der Waals surface area contributed by atoms with E-state index in [0.717, 1.165) is 18.7 Å². The molecule has 0 aliphatic carbocycles. The van der Waals surface area contributed by atoms with Gasteiger partial charge in [-0.1, -0.05) is 0 Å². The number of hydrogen-bond donors (Lipinski definition) is 1. The number of aromatic nitrogens is 1. The molecule has 0 aromatic carbocycles. The highest BCUT2D eigenvalue weighted by Gasteiger charge is 2.18. The lowest BCUT2D eigenvalue weighted by Crippen LogP contribution is -2.18. The predicted molar refractivity (Wildman–Crippen MR) is 74.5 cm³/mol. The van der Waals surface area contributed by atoms with Crippen LogP contribution in [-0.4, -0.2) is 16.5 Å². The summed E-state index contributed by atoms with van der Waals surface area (Å²) in [5.74, 6) is 0.914. The molecule has 106 valence electrons. The number of nitrogens with one attached hydrogen (secondary N) is 1. The van der Waals surface area contributed by atoms with Crippen molar-refractivity contribution in [1.82, 2.24) is 10.3 Å². The highest BCUT2D eigenvalue weighted by atomic mass is 16.6. The van der Waals surface area contributed by atoms with Crippen LogP contribution in [0.25, 0.3) is 0 Å². The Morgan fingerprint density at radius 3 is 2.90 bits per heavy atom. The van der Waals surface area contributed by atoms with Gasteiger partial charge in [-0.25, -0.2) is 0 Å². The molecule has 2 rings (SSSR count). The van der Waals surface area contributed by atoms with E-state index in [4.69, 9.17) is 4.42 Å². The summed E-state index contributed by atoms with van der Waals surface area (Å²) >= 11 is 0. The Bertz CT molecular complexity index is 594. The lowest BCUT2D eigenvalue weighted by Gasteiger charge is -2.08. The number of rotatable bonds is 6. The lowest BCUT2D eigenvalue weighted by molar-refractivity contribution is -0.386. The summed E-state index contributed by atoms with van der Waals surface area (Å²) in [6.07, 6.45) is 3.97. The average molecular weight is 275 g/mol. The molecule has 0 bridgehead atoms. The van der Waals surface area contributed by atoms with Gasteiger partial charge < -0.3 is 9.73 Å². The summed E-state index contributed by atoms with van der Waals surface area (Å²) in [5.41, 5.74) is 2.08. The average Bonchev–Trinajstić information content (AvgIpc) is 2.89. The van der Waals surface area contributed by atoms with Gasteiger partial charge in [-0.3, -0.25) is 15.1 Å². The summed E-state index contributed by atoms with van der Waals surface area (Å²) in [6, 6.07) is 3.77. The quantitative estimate of drug-likeness (QED) is 0.497. The van der Waals surface area contributed by atoms with Crippen LogP contribution in [0.3, 0.4) is 0 Å². The molecular weight excluding hydrogens is 258 g/mol. The van der Waals surface area contributed by atoms with Gasteiger partial charge in [0.2, 0.25) is 0 Å². The van der Waals surface area contributed by atoms with Crippen molar-refractivity contribution in [2.45, 2.75) is 26.8 Å². The topological polar surface area (TPSA) is 81.2 Å². The highest BCUT2D eigenvalue weighted by Crippen LogP contribution is 2.23. The number of nitro groups is 1. The van der Waals surface area contributed by atoms with Crippen molar-refractivity contribution in [3.05, 3.63) is 57.3 Å². The van der Waals surface area contributed by atoms with Crippen LogP contribution in [0, 0.1) is 24.0 Å². The Morgan fingerprint density at radius 1 is 1.45 bits per heavy atom. The summed E-state index contributed by atoms with van der Waals surface area (Å²) in [5, 5.41) is 14.2. The molecule has 6 nitrogen and oxygen atoms in total. The van der Waals surface area contributed by atoms with E-state index in [0.29, 0.717) is 23.4 Å². The zero-order valence-corrected chi connectivity index (χ0v) is 11.5. The molecule has 0 fully saturated rings. The molecule has 20 heavy (non-hydrogen) atoms. The van der Waals surface area contributed by atoms with Gasteiger partial charge in [0.05, 0.1) is 16.9 Å². The normalized spacial score (nSPS) is 10.7. The molecule has 0 aliphatic heterocycles.